The van der Waals surface area contributed by atoms with Crippen LogP contribution in [-0.2, 0) is 4.79 Å². The number of aryl methyl sites for hydroxylation is 2. The first kappa shape index (κ1) is 16.8. The maximum Gasteiger partial charge on any atom is 0.258 e. The van der Waals surface area contributed by atoms with Crippen LogP contribution in [0.3, 0.4) is 0 Å². The summed E-state index contributed by atoms with van der Waals surface area (Å²) in [6.45, 7) is 3.83. The molecule has 2 aromatic heterocycles. The van der Waals surface area contributed by atoms with Crippen molar-refractivity contribution in [2.75, 3.05) is 0 Å². The fourth-order valence-electron chi connectivity index (χ4n) is 2.21. The van der Waals surface area contributed by atoms with Crippen LogP contribution in [-0.4, -0.2) is 22.0 Å². The molecule has 0 aliphatic rings. The normalized spacial score (nSPS) is 11.9. The number of nitrogens with zero attached hydrogens (tertiary/aromatic N) is 2. The zero-order valence-electron chi connectivity index (χ0n) is 13.6. The molecule has 0 fully saturated rings. The third-order valence-electron chi connectivity index (χ3n) is 3.62. The van der Waals surface area contributed by atoms with Gasteiger partial charge in [-0.15, -0.1) is 21.5 Å². The third-order valence-corrected chi connectivity index (χ3v) is 4.62. The second-order valence-corrected chi connectivity index (χ2v) is 6.47. The third kappa shape index (κ3) is 3.58. The first-order valence-electron chi connectivity index (χ1n) is 7.50. The highest BCUT2D eigenvalue weighted by Gasteiger charge is 2.27. The second kappa shape index (κ2) is 6.86. The minimum Gasteiger partial charge on any atom is -0.417 e. The van der Waals surface area contributed by atoms with Crippen molar-refractivity contribution in [3.63, 3.8) is 0 Å². The van der Waals surface area contributed by atoms with Crippen molar-refractivity contribution in [3.05, 3.63) is 58.3 Å². The molecule has 25 heavy (non-hydrogen) atoms. The summed E-state index contributed by atoms with van der Waals surface area (Å²) in [4.78, 5) is 24.9. The Bertz CT molecular complexity index is 914. The number of carbonyl (C=O) groups excluding carboxylic acids is 2. The number of hydrogen-bond acceptors (Lipinski definition) is 6. The molecule has 128 valence electrons. The van der Waals surface area contributed by atoms with Crippen LogP contribution in [0.2, 0.25) is 0 Å². The molecule has 0 bridgehead atoms. The molecular weight excluding hydrogens is 340 g/mol. The molecule has 3 N–H and O–H groups in total. The van der Waals surface area contributed by atoms with E-state index < -0.39 is 17.9 Å². The monoisotopic (exact) mass is 356 g/mol. The van der Waals surface area contributed by atoms with E-state index in [9.17, 15) is 9.59 Å². The van der Waals surface area contributed by atoms with Crippen LogP contribution < -0.4 is 11.1 Å². The van der Waals surface area contributed by atoms with Crippen molar-refractivity contribution in [2.24, 2.45) is 5.73 Å². The summed E-state index contributed by atoms with van der Waals surface area (Å²) >= 11 is 1.45. The standard InChI is InChI=1S/C17H16N4O3S/c1-9-3-5-11(6-4-9)15(23)19-12(14(18)22)16-20-21-17(24-16)13-10(2)7-8-25-13/h3-8,12H,1-2H3,(H2,18,22)(H,19,23). The molecule has 0 aliphatic heterocycles. The van der Waals surface area contributed by atoms with E-state index >= 15 is 0 Å². The first-order chi connectivity index (χ1) is 12.0. The first-order valence-corrected chi connectivity index (χ1v) is 8.38. The predicted molar refractivity (Wildman–Crippen MR) is 92.9 cm³/mol. The molecule has 1 unspecified atom stereocenters. The quantitative estimate of drug-likeness (QED) is 0.729. The van der Waals surface area contributed by atoms with Crippen LogP contribution in [0.15, 0.2) is 40.1 Å². The Morgan fingerprint density at radius 2 is 1.88 bits per heavy atom. The van der Waals surface area contributed by atoms with Gasteiger partial charge in [0.05, 0.1) is 4.88 Å². The summed E-state index contributed by atoms with van der Waals surface area (Å²) in [7, 11) is 0. The van der Waals surface area contributed by atoms with Gasteiger partial charge in [0.15, 0.2) is 6.04 Å². The Balaban J connectivity index is 1.83. The van der Waals surface area contributed by atoms with E-state index in [1.54, 1.807) is 24.3 Å². The van der Waals surface area contributed by atoms with Gasteiger partial charge in [0.1, 0.15) is 0 Å². The second-order valence-electron chi connectivity index (χ2n) is 5.55. The summed E-state index contributed by atoms with van der Waals surface area (Å²) in [5.41, 5.74) is 7.82. The van der Waals surface area contributed by atoms with Crippen LogP contribution in [0.25, 0.3) is 10.8 Å². The molecule has 3 rings (SSSR count). The average molecular weight is 356 g/mol. The van der Waals surface area contributed by atoms with Gasteiger partial charge in [0.25, 0.3) is 11.8 Å². The number of carbonyl (C=O) groups is 2. The van der Waals surface area contributed by atoms with Gasteiger partial charge in [-0.25, -0.2) is 0 Å². The number of nitrogens with one attached hydrogen (secondary N) is 1. The van der Waals surface area contributed by atoms with E-state index in [0.717, 1.165) is 16.0 Å². The molecule has 0 aliphatic carbocycles. The summed E-state index contributed by atoms with van der Waals surface area (Å²) < 4.78 is 5.56. The maximum atomic E-state index is 12.3. The number of thiophene rings is 1. The lowest BCUT2D eigenvalue weighted by molar-refractivity contribution is -0.120. The van der Waals surface area contributed by atoms with Crippen LogP contribution >= 0.6 is 11.3 Å². The fraction of sp³-hybridized carbons (Fsp3) is 0.176. The number of hydrogen-bond donors (Lipinski definition) is 2. The molecule has 2 amide bonds. The van der Waals surface area contributed by atoms with Gasteiger partial charge < -0.3 is 15.5 Å². The molecule has 0 saturated carbocycles. The van der Waals surface area contributed by atoms with E-state index in [-0.39, 0.29) is 5.89 Å². The van der Waals surface area contributed by atoms with Gasteiger partial charge >= 0.3 is 0 Å². The largest absolute Gasteiger partial charge is 0.417 e. The molecule has 3 aromatic rings. The Labute approximate surface area is 147 Å². The van der Waals surface area contributed by atoms with Gasteiger partial charge in [-0.05, 0) is 43.0 Å². The lowest BCUT2D eigenvalue weighted by atomic mass is 10.1. The summed E-state index contributed by atoms with van der Waals surface area (Å²) in [5, 5.41) is 12.3. The molecule has 0 radical (unpaired) electrons. The number of primary amides is 1. The molecule has 8 heteroatoms. The molecule has 0 spiro atoms. The molecule has 7 nitrogen and oxygen atoms in total. The number of benzene rings is 1. The average Bonchev–Trinajstić information content (AvgIpc) is 3.21. The number of amides is 2. The Kier molecular flexibility index (Phi) is 4.62. The summed E-state index contributed by atoms with van der Waals surface area (Å²) in [5.74, 6) is -0.983. The molecule has 1 atom stereocenters. The van der Waals surface area contributed by atoms with Crippen LogP contribution in [0, 0.1) is 13.8 Å². The zero-order valence-corrected chi connectivity index (χ0v) is 14.5. The summed E-state index contributed by atoms with van der Waals surface area (Å²) in [6.07, 6.45) is 0. The Morgan fingerprint density at radius 1 is 1.16 bits per heavy atom. The van der Waals surface area contributed by atoms with Crippen LogP contribution in [0.5, 0.6) is 0 Å². The lowest BCUT2D eigenvalue weighted by Crippen LogP contribution is -2.37. The van der Waals surface area contributed by atoms with Crippen LogP contribution in [0.1, 0.15) is 33.4 Å². The van der Waals surface area contributed by atoms with Crippen LogP contribution in [0.4, 0.5) is 0 Å². The zero-order chi connectivity index (χ0) is 18.0. The smallest absolute Gasteiger partial charge is 0.258 e. The molecule has 2 heterocycles. The van der Waals surface area contributed by atoms with Crippen molar-refractivity contribution in [2.45, 2.75) is 19.9 Å². The molecular formula is C17H16N4O3S. The number of rotatable bonds is 5. The maximum absolute atomic E-state index is 12.3. The number of nitrogens with two attached hydrogens (primary N) is 1. The van der Waals surface area contributed by atoms with Crippen molar-refractivity contribution in [3.8, 4) is 10.8 Å². The Hall–Kier alpha value is -3.00. The van der Waals surface area contributed by atoms with Crippen molar-refractivity contribution in [1.82, 2.24) is 15.5 Å². The predicted octanol–water partition coefficient (Wildman–Crippen LogP) is 2.37. The van der Waals surface area contributed by atoms with Gasteiger partial charge in [0.2, 0.25) is 11.8 Å². The van der Waals surface area contributed by atoms with Gasteiger partial charge in [0, 0.05) is 5.56 Å². The van der Waals surface area contributed by atoms with Crippen molar-refractivity contribution >= 4 is 23.2 Å². The topological polar surface area (TPSA) is 111 Å². The van der Waals surface area contributed by atoms with E-state index in [0.29, 0.717) is 11.5 Å². The van der Waals surface area contributed by atoms with E-state index in [1.807, 2.05) is 25.3 Å². The highest BCUT2D eigenvalue weighted by Crippen LogP contribution is 2.28. The van der Waals surface area contributed by atoms with E-state index in [2.05, 4.69) is 15.5 Å². The van der Waals surface area contributed by atoms with E-state index in [1.165, 1.54) is 11.3 Å². The minimum absolute atomic E-state index is 0.0456. The van der Waals surface area contributed by atoms with Gasteiger partial charge in [-0.2, -0.15) is 0 Å². The van der Waals surface area contributed by atoms with E-state index in [4.69, 9.17) is 10.2 Å². The highest BCUT2D eigenvalue weighted by molar-refractivity contribution is 7.13. The molecule has 0 saturated heterocycles. The molecule has 1 aromatic carbocycles. The van der Waals surface area contributed by atoms with Gasteiger partial charge in [-0.1, -0.05) is 17.7 Å². The Morgan fingerprint density at radius 3 is 2.48 bits per heavy atom. The SMILES string of the molecule is Cc1ccc(C(=O)NC(C(N)=O)c2nnc(-c3sccc3C)o2)cc1. The van der Waals surface area contributed by atoms with Crippen molar-refractivity contribution in [1.29, 1.82) is 0 Å². The fourth-order valence-corrected chi connectivity index (χ4v) is 3.05. The highest BCUT2D eigenvalue weighted by atomic mass is 32.1. The van der Waals surface area contributed by atoms with Crippen molar-refractivity contribution < 1.29 is 14.0 Å². The van der Waals surface area contributed by atoms with Gasteiger partial charge in [-0.3, -0.25) is 9.59 Å². The minimum atomic E-state index is -1.20. The number of aromatic nitrogens is 2. The summed E-state index contributed by atoms with van der Waals surface area (Å²) in [6, 6.07) is 7.66. The lowest BCUT2D eigenvalue weighted by Gasteiger charge is -2.11.